The number of carbonyl (C=O) groups is 3. The van der Waals surface area contributed by atoms with E-state index in [1.165, 1.54) is 0 Å². The van der Waals surface area contributed by atoms with Crippen molar-refractivity contribution < 1.29 is 14.4 Å². The Morgan fingerprint density at radius 3 is 2.63 bits per heavy atom. The Labute approximate surface area is 181 Å². The Morgan fingerprint density at radius 2 is 1.93 bits per heavy atom. The van der Waals surface area contributed by atoms with E-state index in [1.807, 2.05) is 24.5 Å². The number of para-hydroxylation sites is 1. The maximum atomic E-state index is 13.8. The van der Waals surface area contributed by atoms with Gasteiger partial charge in [-0.05, 0) is 43.3 Å². The van der Waals surface area contributed by atoms with Gasteiger partial charge in [-0.3, -0.25) is 24.6 Å². The first-order valence-electron chi connectivity index (χ1n) is 11.1. The first-order valence-corrected chi connectivity index (χ1v) is 12.5. The number of nitrogens with one attached hydrogen (secondary N) is 2. The number of benzene rings is 1. The number of fused-ring (bicyclic) bond motifs is 4. The molecule has 6 nitrogen and oxygen atoms in total. The van der Waals surface area contributed by atoms with Crippen molar-refractivity contribution in [1.82, 2.24) is 10.2 Å². The van der Waals surface area contributed by atoms with Crippen LogP contribution in [0.15, 0.2) is 18.2 Å². The van der Waals surface area contributed by atoms with Crippen molar-refractivity contribution in [3.63, 3.8) is 0 Å². The minimum atomic E-state index is -1.14. The molecule has 0 bridgehead atoms. The van der Waals surface area contributed by atoms with Crippen LogP contribution in [0.5, 0.6) is 0 Å². The van der Waals surface area contributed by atoms with Crippen LogP contribution in [-0.4, -0.2) is 46.7 Å². The van der Waals surface area contributed by atoms with Crippen LogP contribution in [0, 0.1) is 11.8 Å². The predicted molar refractivity (Wildman–Crippen MR) is 117 cm³/mol. The summed E-state index contributed by atoms with van der Waals surface area (Å²) in [5.41, 5.74) is 1.58. The molecule has 2 saturated heterocycles. The van der Waals surface area contributed by atoms with Gasteiger partial charge in [0.25, 0.3) is 0 Å². The number of amides is 3. The van der Waals surface area contributed by atoms with E-state index in [2.05, 4.69) is 17.6 Å². The summed E-state index contributed by atoms with van der Waals surface area (Å²) in [4.78, 5) is 42.4. The Balaban J connectivity index is 1.63. The molecule has 3 amide bonds. The van der Waals surface area contributed by atoms with Crippen molar-refractivity contribution >= 4 is 35.2 Å². The molecule has 0 radical (unpaired) electrons. The molecule has 7 heteroatoms. The highest BCUT2D eigenvalue weighted by Crippen LogP contribution is 2.54. The number of rotatable bonds is 5. The fourth-order valence-corrected chi connectivity index (χ4v) is 6.71. The van der Waals surface area contributed by atoms with Crippen LogP contribution in [0.1, 0.15) is 50.2 Å². The number of hydrogen-bond donors (Lipinski definition) is 2. The first kappa shape index (κ1) is 20.1. The summed E-state index contributed by atoms with van der Waals surface area (Å²) in [5.74, 6) is -0.653. The summed E-state index contributed by atoms with van der Waals surface area (Å²) in [7, 11) is 0. The maximum absolute atomic E-state index is 13.8. The van der Waals surface area contributed by atoms with Crippen LogP contribution in [0.4, 0.5) is 5.69 Å². The highest BCUT2D eigenvalue weighted by Gasteiger charge is 2.70. The molecule has 1 saturated carbocycles. The molecule has 1 aromatic rings. The van der Waals surface area contributed by atoms with E-state index in [9.17, 15) is 14.4 Å². The number of thioether (sulfide) groups is 1. The zero-order valence-corrected chi connectivity index (χ0v) is 18.4. The number of aryl methyl sites for hydroxylation is 1. The molecule has 1 aliphatic carbocycles. The van der Waals surface area contributed by atoms with Crippen molar-refractivity contribution in [3.8, 4) is 0 Å². The molecule has 160 valence electrons. The summed E-state index contributed by atoms with van der Waals surface area (Å²) in [6.45, 7) is 2.06. The minimum Gasteiger partial charge on any atom is -0.324 e. The van der Waals surface area contributed by atoms with E-state index in [1.54, 1.807) is 16.7 Å². The average Bonchev–Trinajstić information content (AvgIpc) is 3.48. The van der Waals surface area contributed by atoms with Crippen molar-refractivity contribution in [2.75, 3.05) is 17.3 Å². The van der Waals surface area contributed by atoms with E-state index >= 15 is 0 Å². The quantitative estimate of drug-likeness (QED) is 0.707. The van der Waals surface area contributed by atoms with Gasteiger partial charge in [0.15, 0.2) is 0 Å². The molecule has 0 unspecified atom stereocenters. The van der Waals surface area contributed by atoms with Crippen LogP contribution >= 0.6 is 11.8 Å². The van der Waals surface area contributed by atoms with E-state index in [4.69, 9.17) is 0 Å². The monoisotopic (exact) mass is 427 g/mol. The van der Waals surface area contributed by atoms with Gasteiger partial charge in [0, 0.05) is 23.3 Å². The Morgan fingerprint density at radius 1 is 1.17 bits per heavy atom. The van der Waals surface area contributed by atoms with Crippen molar-refractivity contribution in [1.29, 1.82) is 0 Å². The molecule has 1 spiro atoms. The third-order valence-electron chi connectivity index (χ3n) is 7.57. The average molecular weight is 428 g/mol. The second-order valence-corrected chi connectivity index (χ2v) is 9.96. The van der Waals surface area contributed by atoms with Gasteiger partial charge in [-0.1, -0.05) is 38.0 Å². The van der Waals surface area contributed by atoms with Gasteiger partial charge in [0.1, 0.15) is 5.54 Å². The van der Waals surface area contributed by atoms with Gasteiger partial charge in [-0.25, -0.2) is 0 Å². The molecule has 3 aliphatic heterocycles. The van der Waals surface area contributed by atoms with Gasteiger partial charge in [0.2, 0.25) is 17.7 Å². The largest absolute Gasteiger partial charge is 0.324 e. The highest BCUT2D eigenvalue weighted by atomic mass is 32.2. The molecule has 2 N–H and O–H groups in total. The number of anilines is 1. The topological polar surface area (TPSA) is 78.5 Å². The minimum absolute atomic E-state index is 0.000221. The Kier molecular flexibility index (Phi) is 4.93. The van der Waals surface area contributed by atoms with Gasteiger partial charge in [0.05, 0.1) is 11.8 Å². The van der Waals surface area contributed by atoms with E-state index < -0.39 is 17.4 Å². The van der Waals surface area contributed by atoms with E-state index in [0.29, 0.717) is 0 Å². The summed E-state index contributed by atoms with van der Waals surface area (Å²) in [5, 5.41) is 6.61. The van der Waals surface area contributed by atoms with E-state index in [-0.39, 0.29) is 29.8 Å². The highest BCUT2D eigenvalue weighted by molar-refractivity contribution is 7.98. The molecule has 4 aliphatic rings. The van der Waals surface area contributed by atoms with Gasteiger partial charge in [-0.2, -0.15) is 11.8 Å². The lowest BCUT2D eigenvalue weighted by atomic mass is 9.76. The lowest BCUT2D eigenvalue weighted by Gasteiger charge is -2.31. The number of imide groups is 1. The van der Waals surface area contributed by atoms with Crippen LogP contribution in [0.2, 0.25) is 0 Å². The Hall–Kier alpha value is -1.86. The zero-order chi connectivity index (χ0) is 21.0. The number of nitrogens with zero attached hydrogens (tertiary/aromatic N) is 1. The molecular weight excluding hydrogens is 398 g/mol. The first-order chi connectivity index (χ1) is 14.5. The zero-order valence-electron chi connectivity index (χ0n) is 17.6. The number of carbonyl (C=O) groups excluding carboxylic acids is 3. The summed E-state index contributed by atoms with van der Waals surface area (Å²) in [6, 6.07) is 5.75. The van der Waals surface area contributed by atoms with Crippen molar-refractivity contribution in [2.45, 2.75) is 63.1 Å². The Bertz CT molecular complexity index is 913. The number of hydrogen-bond acceptors (Lipinski definition) is 5. The fourth-order valence-electron chi connectivity index (χ4n) is 6.22. The molecule has 3 fully saturated rings. The van der Waals surface area contributed by atoms with Gasteiger partial charge < -0.3 is 5.32 Å². The standard InChI is InChI=1S/C23H29N3O3S/c1-3-13-7-6-10-15-19(13)24-22(29)23(15)18-17(16(25-23)11-12-30-2)20(27)26(21(18)28)14-8-4-5-9-14/h6-7,10,14,16-18,25H,3-5,8-9,11-12H2,1-2H3,(H,24,29)/t16-,17-,18-,23+/m1/s1. The van der Waals surface area contributed by atoms with Crippen LogP contribution in [-0.2, 0) is 26.3 Å². The second kappa shape index (κ2) is 7.38. The molecule has 5 rings (SSSR count). The van der Waals surface area contributed by atoms with Crippen molar-refractivity contribution in [2.24, 2.45) is 11.8 Å². The normalized spacial score (nSPS) is 32.9. The van der Waals surface area contributed by atoms with Gasteiger partial charge in [-0.15, -0.1) is 0 Å². The second-order valence-electron chi connectivity index (χ2n) is 8.98. The maximum Gasteiger partial charge on any atom is 0.250 e. The lowest BCUT2D eigenvalue weighted by Crippen LogP contribution is -2.54. The molecule has 3 heterocycles. The summed E-state index contributed by atoms with van der Waals surface area (Å²) < 4.78 is 0. The molecule has 4 atom stereocenters. The number of likely N-dealkylation sites (tertiary alicyclic amines) is 1. The van der Waals surface area contributed by atoms with Crippen LogP contribution < -0.4 is 10.6 Å². The molecule has 30 heavy (non-hydrogen) atoms. The molecular formula is C23H29N3O3S. The third-order valence-corrected chi connectivity index (χ3v) is 8.22. The van der Waals surface area contributed by atoms with Crippen LogP contribution in [0.3, 0.4) is 0 Å². The van der Waals surface area contributed by atoms with Crippen molar-refractivity contribution in [3.05, 3.63) is 29.3 Å². The van der Waals surface area contributed by atoms with E-state index in [0.717, 1.165) is 61.1 Å². The van der Waals surface area contributed by atoms with Gasteiger partial charge >= 0.3 is 0 Å². The van der Waals surface area contributed by atoms with Crippen LogP contribution in [0.25, 0.3) is 0 Å². The SMILES string of the molecule is CCc1cccc2c1NC(=O)[C@]21N[C@H](CCSC)[C@H]2C(=O)N(C3CCCC3)C(=O)[C@@H]21. The summed E-state index contributed by atoms with van der Waals surface area (Å²) in [6.07, 6.45) is 7.48. The molecule has 1 aromatic carbocycles. The molecule has 0 aromatic heterocycles. The third kappa shape index (κ3) is 2.57. The summed E-state index contributed by atoms with van der Waals surface area (Å²) >= 11 is 1.72. The fraction of sp³-hybridized carbons (Fsp3) is 0.609. The lowest BCUT2D eigenvalue weighted by molar-refractivity contribution is -0.145. The smallest absolute Gasteiger partial charge is 0.250 e. The predicted octanol–water partition coefficient (Wildman–Crippen LogP) is 2.67.